The Kier molecular flexibility index (Phi) is 8.31. The molecule has 8 heteroatoms. The predicted molar refractivity (Wildman–Crippen MR) is 82.1 cm³/mol. The predicted octanol–water partition coefficient (Wildman–Crippen LogP) is 0.398. The maximum Gasteiger partial charge on any atom is 0.333 e. The number of aliphatic carboxylic acids is 1. The topological polar surface area (TPSA) is 104 Å². The van der Waals surface area contributed by atoms with Gasteiger partial charge >= 0.3 is 11.9 Å². The van der Waals surface area contributed by atoms with Gasteiger partial charge < -0.3 is 19.6 Å². The van der Waals surface area contributed by atoms with E-state index in [1.807, 2.05) is 0 Å². The number of carbonyl (C=O) groups excluding carboxylic acids is 3. The number of esters is 1. The molecule has 0 aliphatic rings. The molecule has 2 atom stereocenters. The van der Waals surface area contributed by atoms with E-state index in [1.54, 1.807) is 6.92 Å². The molecular weight excluding hydrogens is 304 g/mol. The number of rotatable bonds is 8. The molecule has 2 amide bonds. The molecule has 0 heterocycles. The van der Waals surface area contributed by atoms with E-state index >= 15 is 0 Å². The van der Waals surface area contributed by atoms with E-state index in [9.17, 15) is 19.2 Å². The monoisotopic (exact) mass is 326 g/mol. The fourth-order valence-electron chi connectivity index (χ4n) is 1.60. The van der Waals surface area contributed by atoms with E-state index in [1.165, 1.54) is 20.9 Å². The Morgan fingerprint density at radius 3 is 2.17 bits per heavy atom. The van der Waals surface area contributed by atoms with Gasteiger partial charge in [0, 0.05) is 19.7 Å². The van der Waals surface area contributed by atoms with Crippen molar-refractivity contribution in [3.63, 3.8) is 0 Å². The molecule has 0 unspecified atom stereocenters. The molecule has 0 aliphatic carbocycles. The standard InChI is InChI=1S/C15H22N2O6/c1-6-12(18)16(5)11(4)15(22)23-9-8-13(19)17(7-2)10(3)14(20)21/h6,8-11H,1,7H2,2-5H3,(H,20,21)/b9-8+/t10-,11-/m0/s1. The van der Waals surface area contributed by atoms with Crippen molar-refractivity contribution in [3.05, 3.63) is 25.0 Å². The fourth-order valence-corrected chi connectivity index (χ4v) is 1.60. The molecule has 0 aromatic carbocycles. The number of hydrogen-bond acceptors (Lipinski definition) is 5. The number of likely N-dealkylation sites (N-methyl/N-ethyl adjacent to an activating group) is 2. The first kappa shape index (κ1) is 20.4. The number of hydrogen-bond donors (Lipinski definition) is 1. The van der Waals surface area contributed by atoms with Gasteiger partial charge in [-0.15, -0.1) is 0 Å². The first-order valence-corrected chi connectivity index (χ1v) is 6.97. The van der Waals surface area contributed by atoms with Gasteiger partial charge in [-0.3, -0.25) is 9.59 Å². The second-order valence-electron chi connectivity index (χ2n) is 4.71. The highest BCUT2D eigenvalue weighted by Crippen LogP contribution is 2.03. The maximum absolute atomic E-state index is 11.9. The molecule has 0 spiro atoms. The van der Waals surface area contributed by atoms with Gasteiger partial charge in [-0.2, -0.15) is 0 Å². The Hall–Kier alpha value is -2.64. The molecule has 8 nitrogen and oxygen atoms in total. The molecule has 0 rings (SSSR count). The fraction of sp³-hybridized carbons (Fsp3) is 0.467. The molecule has 0 saturated carbocycles. The normalized spacial score (nSPS) is 13.0. The van der Waals surface area contributed by atoms with Crippen molar-refractivity contribution in [3.8, 4) is 0 Å². The van der Waals surface area contributed by atoms with Gasteiger partial charge in [0.2, 0.25) is 11.8 Å². The quantitative estimate of drug-likeness (QED) is 0.393. The van der Waals surface area contributed by atoms with Crippen molar-refractivity contribution in [2.75, 3.05) is 13.6 Å². The number of amides is 2. The highest BCUT2D eigenvalue weighted by molar-refractivity contribution is 5.92. The Balaban J connectivity index is 4.71. The zero-order chi connectivity index (χ0) is 18.2. The van der Waals surface area contributed by atoms with Crippen LogP contribution in [0.15, 0.2) is 25.0 Å². The molecule has 128 valence electrons. The van der Waals surface area contributed by atoms with E-state index in [4.69, 9.17) is 9.84 Å². The summed E-state index contributed by atoms with van der Waals surface area (Å²) in [7, 11) is 1.41. The first-order valence-electron chi connectivity index (χ1n) is 6.97. The van der Waals surface area contributed by atoms with Gasteiger partial charge in [-0.05, 0) is 26.8 Å². The molecule has 0 aromatic heterocycles. The minimum atomic E-state index is -1.14. The van der Waals surface area contributed by atoms with Gasteiger partial charge in [0.15, 0.2) is 0 Å². The second-order valence-corrected chi connectivity index (χ2v) is 4.71. The van der Waals surface area contributed by atoms with Crippen LogP contribution in [0.2, 0.25) is 0 Å². The van der Waals surface area contributed by atoms with Crippen molar-refractivity contribution in [2.24, 2.45) is 0 Å². The molecule has 23 heavy (non-hydrogen) atoms. The Bertz CT molecular complexity index is 514. The lowest BCUT2D eigenvalue weighted by molar-refractivity contribution is -0.148. The van der Waals surface area contributed by atoms with Gasteiger partial charge in [0.1, 0.15) is 12.1 Å². The highest BCUT2D eigenvalue weighted by atomic mass is 16.5. The maximum atomic E-state index is 11.9. The lowest BCUT2D eigenvalue weighted by Crippen LogP contribution is -2.42. The van der Waals surface area contributed by atoms with Crippen LogP contribution in [0.3, 0.4) is 0 Å². The first-order chi connectivity index (χ1) is 10.7. The average molecular weight is 326 g/mol. The van der Waals surface area contributed by atoms with Crippen LogP contribution in [0.5, 0.6) is 0 Å². The van der Waals surface area contributed by atoms with E-state index in [2.05, 4.69) is 6.58 Å². The molecule has 0 fully saturated rings. The van der Waals surface area contributed by atoms with E-state index in [0.29, 0.717) is 0 Å². The molecule has 0 aliphatic heterocycles. The number of carbonyl (C=O) groups is 4. The second kappa shape index (κ2) is 9.39. The summed E-state index contributed by atoms with van der Waals surface area (Å²) in [5, 5.41) is 8.91. The van der Waals surface area contributed by atoms with E-state index in [-0.39, 0.29) is 6.54 Å². The molecule has 0 saturated heterocycles. The third kappa shape index (κ3) is 5.93. The molecular formula is C15H22N2O6. The van der Waals surface area contributed by atoms with Gasteiger partial charge in [-0.1, -0.05) is 6.58 Å². The lowest BCUT2D eigenvalue weighted by Gasteiger charge is -2.23. The molecule has 1 N–H and O–H groups in total. The third-order valence-electron chi connectivity index (χ3n) is 3.29. The summed E-state index contributed by atoms with van der Waals surface area (Å²) < 4.78 is 4.78. The van der Waals surface area contributed by atoms with Crippen LogP contribution in [-0.2, 0) is 23.9 Å². The summed E-state index contributed by atoms with van der Waals surface area (Å²) in [5.74, 6) is -2.91. The van der Waals surface area contributed by atoms with Crippen molar-refractivity contribution >= 4 is 23.8 Å². The molecule has 0 bridgehead atoms. The van der Waals surface area contributed by atoms with Crippen molar-refractivity contribution in [1.82, 2.24) is 9.80 Å². The van der Waals surface area contributed by atoms with E-state index in [0.717, 1.165) is 28.2 Å². The van der Waals surface area contributed by atoms with Crippen molar-refractivity contribution < 1.29 is 29.0 Å². The minimum Gasteiger partial charge on any atom is -0.480 e. The zero-order valence-electron chi connectivity index (χ0n) is 13.7. The minimum absolute atomic E-state index is 0.192. The van der Waals surface area contributed by atoms with Crippen LogP contribution in [0, 0.1) is 0 Å². The number of carboxylic acid groups (broad SMARTS) is 1. The van der Waals surface area contributed by atoms with Crippen LogP contribution < -0.4 is 0 Å². The van der Waals surface area contributed by atoms with E-state index < -0.39 is 35.8 Å². The van der Waals surface area contributed by atoms with Crippen molar-refractivity contribution in [1.29, 1.82) is 0 Å². The smallest absolute Gasteiger partial charge is 0.333 e. The Labute approximate surface area is 135 Å². The van der Waals surface area contributed by atoms with Gasteiger partial charge in [-0.25, -0.2) is 9.59 Å². The summed E-state index contributed by atoms with van der Waals surface area (Å²) in [5.41, 5.74) is 0. The molecule has 0 radical (unpaired) electrons. The summed E-state index contributed by atoms with van der Waals surface area (Å²) >= 11 is 0. The summed E-state index contributed by atoms with van der Waals surface area (Å²) in [4.78, 5) is 48.1. The van der Waals surface area contributed by atoms with Crippen molar-refractivity contribution in [2.45, 2.75) is 32.9 Å². The van der Waals surface area contributed by atoms with Crippen LogP contribution in [0.25, 0.3) is 0 Å². The van der Waals surface area contributed by atoms with Crippen LogP contribution in [0.1, 0.15) is 20.8 Å². The van der Waals surface area contributed by atoms with Crippen LogP contribution in [-0.4, -0.2) is 64.3 Å². The summed E-state index contributed by atoms with van der Waals surface area (Å²) in [6.45, 7) is 7.98. The SMILES string of the molecule is C=CC(=O)N(C)[C@@H](C)C(=O)O/C=C/C(=O)N(CC)[C@@H](C)C(=O)O. The average Bonchev–Trinajstić information content (AvgIpc) is 2.52. The number of carboxylic acids is 1. The van der Waals surface area contributed by atoms with Crippen LogP contribution in [0.4, 0.5) is 0 Å². The highest BCUT2D eigenvalue weighted by Gasteiger charge is 2.23. The summed E-state index contributed by atoms with van der Waals surface area (Å²) in [6, 6.07) is -1.86. The molecule has 0 aromatic rings. The largest absolute Gasteiger partial charge is 0.480 e. The van der Waals surface area contributed by atoms with Gasteiger partial charge in [0.25, 0.3) is 0 Å². The summed E-state index contributed by atoms with van der Waals surface area (Å²) in [6.07, 6.45) is 2.91. The third-order valence-corrected chi connectivity index (χ3v) is 3.29. The Morgan fingerprint density at radius 2 is 1.74 bits per heavy atom. The lowest BCUT2D eigenvalue weighted by atomic mass is 10.2. The Morgan fingerprint density at radius 1 is 1.17 bits per heavy atom. The zero-order valence-corrected chi connectivity index (χ0v) is 13.7. The number of ether oxygens (including phenoxy) is 1. The van der Waals surface area contributed by atoms with Crippen LogP contribution >= 0.6 is 0 Å². The number of nitrogens with zero attached hydrogens (tertiary/aromatic N) is 2. The van der Waals surface area contributed by atoms with Gasteiger partial charge in [0.05, 0.1) is 6.26 Å².